The Morgan fingerprint density at radius 3 is 2.93 bits per heavy atom. The van der Waals surface area contributed by atoms with Gasteiger partial charge in [-0.3, -0.25) is 5.10 Å². The molecule has 1 heterocycles. The molecule has 0 saturated heterocycles. The lowest BCUT2D eigenvalue weighted by Gasteiger charge is -1.97. The molecule has 15 heavy (non-hydrogen) atoms. The molecule has 80 valence electrons. The molecule has 0 aliphatic carbocycles. The second kappa shape index (κ2) is 4.47. The number of nitrogens with zero attached hydrogens (tertiary/aromatic N) is 1. The molecule has 0 aliphatic heterocycles. The smallest absolute Gasteiger partial charge is 0.0926 e. The first kappa shape index (κ1) is 10.2. The SMILES string of the molecule is CCCCCc1[nH]nc2cc(C)ccc12. The van der Waals surface area contributed by atoms with Gasteiger partial charge in [0.25, 0.3) is 0 Å². The summed E-state index contributed by atoms with van der Waals surface area (Å²) in [5, 5.41) is 8.77. The molecule has 1 aromatic carbocycles. The van der Waals surface area contributed by atoms with Crippen molar-refractivity contribution in [3.63, 3.8) is 0 Å². The maximum atomic E-state index is 4.33. The minimum atomic E-state index is 1.10. The molecule has 2 aromatic rings. The van der Waals surface area contributed by atoms with Gasteiger partial charge in [0.2, 0.25) is 0 Å². The summed E-state index contributed by atoms with van der Waals surface area (Å²) < 4.78 is 0. The second-order valence-corrected chi connectivity index (χ2v) is 4.18. The van der Waals surface area contributed by atoms with Crippen LogP contribution in [0.3, 0.4) is 0 Å². The van der Waals surface area contributed by atoms with Crippen LogP contribution < -0.4 is 0 Å². The van der Waals surface area contributed by atoms with Gasteiger partial charge in [-0.15, -0.1) is 0 Å². The first-order valence-corrected chi connectivity index (χ1v) is 5.75. The van der Waals surface area contributed by atoms with Crippen LogP contribution in [0.5, 0.6) is 0 Å². The second-order valence-electron chi connectivity index (χ2n) is 4.18. The zero-order valence-electron chi connectivity index (χ0n) is 9.51. The van der Waals surface area contributed by atoms with Crippen LogP contribution in [0.15, 0.2) is 18.2 Å². The van der Waals surface area contributed by atoms with E-state index >= 15 is 0 Å². The number of nitrogens with one attached hydrogen (secondary N) is 1. The molecule has 1 aromatic heterocycles. The first-order chi connectivity index (χ1) is 7.31. The van der Waals surface area contributed by atoms with Gasteiger partial charge in [-0.2, -0.15) is 5.10 Å². The van der Waals surface area contributed by atoms with Crippen molar-refractivity contribution >= 4 is 10.9 Å². The molecule has 0 aliphatic rings. The number of aromatic amines is 1. The lowest BCUT2D eigenvalue weighted by atomic mass is 10.1. The molecular formula is C13H18N2. The molecular weight excluding hydrogens is 184 g/mol. The van der Waals surface area contributed by atoms with Gasteiger partial charge in [0.05, 0.1) is 5.52 Å². The van der Waals surface area contributed by atoms with E-state index in [2.05, 4.69) is 42.2 Å². The minimum absolute atomic E-state index is 1.10. The predicted octanol–water partition coefficient (Wildman–Crippen LogP) is 3.60. The Morgan fingerprint density at radius 2 is 2.13 bits per heavy atom. The number of fused-ring (bicyclic) bond motifs is 1. The molecule has 0 spiro atoms. The molecule has 0 amide bonds. The average Bonchev–Trinajstić information content (AvgIpc) is 2.61. The Labute approximate surface area is 90.7 Å². The van der Waals surface area contributed by atoms with Gasteiger partial charge in [-0.25, -0.2) is 0 Å². The third-order valence-electron chi connectivity index (χ3n) is 2.82. The summed E-state index contributed by atoms with van der Waals surface area (Å²) in [7, 11) is 0. The molecule has 0 saturated carbocycles. The highest BCUT2D eigenvalue weighted by atomic mass is 15.1. The standard InChI is InChI=1S/C13H18N2/c1-3-4-5-6-12-11-8-7-10(2)9-13(11)15-14-12/h7-9H,3-6H2,1-2H3,(H,14,15). The Hall–Kier alpha value is -1.31. The quantitative estimate of drug-likeness (QED) is 0.754. The van der Waals surface area contributed by atoms with Crippen LogP contribution in [0.1, 0.15) is 37.4 Å². The van der Waals surface area contributed by atoms with Crippen molar-refractivity contribution in [1.82, 2.24) is 10.2 Å². The fraction of sp³-hybridized carbons (Fsp3) is 0.462. The van der Waals surface area contributed by atoms with E-state index in [0.29, 0.717) is 0 Å². The summed E-state index contributed by atoms with van der Waals surface area (Å²) in [5.41, 5.74) is 3.66. The Balaban J connectivity index is 2.21. The molecule has 0 unspecified atom stereocenters. The number of benzene rings is 1. The van der Waals surface area contributed by atoms with Crippen molar-refractivity contribution in [1.29, 1.82) is 0 Å². The Bertz CT molecular complexity index is 443. The molecule has 2 rings (SSSR count). The lowest BCUT2D eigenvalue weighted by molar-refractivity contribution is 0.707. The van der Waals surface area contributed by atoms with Gasteiger partial charge in [0.15, 0.2) is 0 Å². The Morgan fingerprint density at radius 1 is 1.27 bits per heavy atom. The molecule has 0 atom stereocenters. The van der Waals surface area contributed by atoms with Crippen molar-refractivity contribution in [2.45, 2.75) is 39.5 Å². The highest BCUT2D eigenvalue weighted by molar-refractivity contribution is 5.81. The fourth-order valence-electron chi connectivity index (χ4n) is 1.92. The third kappa shape index (κ3) is 2.20. The van der Waals surface area contributed by atoms with Crippen molar-refractivity contribution in [2.24, 2.45) is 0 Å². The van der Waals surface area contributed by atoms with E-state index in [9.17, 15) is 0 Å². The zero-order valence-corrected chi connectivity index (χ0v) is 9.51. The van der Waals surface area contributed by atoms with Crippen molar-refractivity contribution in [3.05, 3.63) is 29.5 Å². The van der Waals surface area contributed by atoms with Crippen LogP contribution in [-0.4, -0.2) is 10.2 Å². The zero-order chi connectivity index (χ0) is 10.7. The van der Waals surface area contributed by atoms with Gasteiger partial charge < -0.3 is 0 Å². The van der Waals surface area contributed by atoms with Crippen LogP contribution in [0.2, 0.25) is 0 Å². The van der Waals surface area contributed by atoms with E-state index in [-0.39, 0.29) is 0 Å². The van der Waals surface area contributed by atoms with Crippen LogP contribution in [0, 0.1) is 6.92 Å². The van der Waals surface area contributed by atoms with Crippen molar-refractivity contribution in [3.8, 4) is 0 Å². The highest BCUT2D eigenvalue weighted by Crippen LogP contribution is 2.18. The number of hydrogen-bond acceptors (Lipinski definition) is 1. The summed E-state index contributed by atoms with van der Waals surface area (Å²) in [5.74, 6) is 0. The van der Waals surface area contributed by atoms with E-state index in [0.717, 1.165) is 11.9 Å². The predicted molar refractivity (Wildman–Crippen MR) is 64.1 cm³/mol. The number of H-pyrrole nitrogens is 1. The number of hydrogen-bond donors (Lipinski definition) is 1. The normalized spacial score (nSPS) is 11.1. The Kier molecular flexibility index (Phi) is 3.05. The average molecular weight is 202 g/mol. The number of aryl methyl sites for hydroxylation is 2. The molecule has 1 N–H and O–H groups in total. The summed E-state index contributed by atoms with van der Waals surface area (Å²) in [6.07, 6.45) is 4.94. The lowest BCUT2D eigenvalue weighted by Crippen LogP contribution is -1.86. The van der Waals surface area contributed by atoms with Crippen LogP contribution >= 0.6 is 0 Å². The number of rotatable bonds is 4. The summed E-state index contributed by atoms with van der Waals surface area (Å²) >= 11 is 0. The van der Waals surface area contributed by atoms with Crippen LogP contribution in [-0.2, 0) is 6.42 Å². The summed E-state index contributed by atoms with van der Waals surface area (Å²) in [6, 6.07) is 6.46. The van der Waals surface area contributed by atoms with E-state index < -0.39 is 0 Å². The molecule has 0 fully saturated rings. The molecule has 0 bridgehead atoms. The van der Waals surface area contributed by atoms with Crippen molar-refractivity contribution in [2.75, 3.05) is 0 Å². The third-order valence-corrected chi connectivity index (χ3v) is 2.82. The largest absolute Gasteiger partial charge is 0.281 e. The van der Waals surface area contributed by atoms with E-state index in [1.807, 2.05) is 0 Å². The first-order valence-electron chi connectivity index (χ1n) is 5.75. The molecule has 0 radical (unpaired) electrons. The van der Waals surface area contributed by atoms with E-state index in [1.165, 1.54) is 35.9 Å². The van der Waals surface area contributed by atoms with Gasteiger partial charge in [-0.05, 0) is 31.4 Å². The summed E-state index contributed by atoms with van der Waals surface area (Å²) in [6.45, 7) is 4.33. The van der Waals surface area contributed by atoms with Gasteiger partial charge in [-0.1, -0.05) is 31.9 Å². The van der Waals surface area contributed by atoms with E-state index in [1.54, 1.807) is 0 Å². The topological polar surface area (TPSA) is 28.7 Å². The molecule has 2 nitrogen and oxygen atoms in total. The maximum absolute atomic E-state index is 4.33. The number of unbranched alkanes of at least 4 members (excludes halogenated alkanes) is 2. The van der Waals surface area contributed by atoms with Crippen molar-refractivity contribution < 1.29 is 0 Å². The molecule has 2 heteroatoms. The monoisotopic (exact) mass is 202 g/mol. The minimum Gasteiger partial charge on any atom is -0.281 e. The highest BCUT2D eigenvalue weighted by Gasteiger charge is 2.04. The van der Waals surface area contributed by atoms with Crippen LogP contribution in [0.4, 0.5) is 0 Å². The summed E-state index contributed by atoms with van der Waals surface area (Å²) in [4.78, 5) is 0. The fourth-order valence-corrected chi connectivity index (χ4v) is 1.92. The number of aromatic nitrogens is 2. The maximum Gasteiger partial charge on any atom is 0.0926 e. The van der Waals surface area contributed by atoms with Gasteiger partial charge >= 0.3 is 0 Å². The van der Waals surface area contributed by atoms with E-state index in [4.69, 9.17) is 0 Å². The van der Waals surface area contributed by atoms with Gasteiger partial charge in [0.1, 0.15) is 0 Å². The van der Waals surface area contributed by atoms with Crippen LogP contribution in [0.25, 0.3) is 10.9 Å². The van der Waals surface area contributed by atoms with Gasteiger partial charge in [0, 0.05) is 11.1 Å².